The Kier molecular flexibility index (Phi) is 7.85. The number of piperidine rings is 2. The second kappa shape index (κ2) is 11.5. The molecule has 0 radical (unpaired) electrons. The van der Waals surface area contributed by atoms with Crippen molar-refractivity contribution in [3.05, 3.63) is 40.3 Å². The minimum absolute atomic E-state index is 0.0601. The molecule has 2 aliphatic heterocycles. The number of amides is 1. The smallest absolute Gasteiger partial charge is 0.360 e. The fourth-order valence-corrected chi connectivity index (χ4v) is 8.27. The van der Waals surface area contributed by atoms with E-state index in [0.717, 1.165) is 37.5 Å². The van der Waals surface area contributed by atoms with Crippen LogP contribution in [0.5, 0.6) is 0 Å². The zero-order valence-corrected chi connectivity index (χ0v) is 24.1. The van der Waals surface area contributed by atoms with E-state index in [0.29, 0.717) is 29.2 Å². The first-order chi connectivity index (χ1) is 19.8. The molecule has 6 atom stereocenters. The number of nitrogens with zero attached hydrogens (tertiary/aromatic N) is 5. The van der Waals surface area contributed by atoms with Gasteiger partial charge in [-0.25, -0.2) is 9.78 Å². The minimum Gasteiger partial charge on any atom is -0.476 e. The molecule has 220 valence electrons. The second-order valence-corrected chi connectivity index (χ2v) is 12.8. The Balaban J connectivity index is 1.33. The van der Waals surface area contributed by atoms with Crippen molar-refractivity contribution in [2.75, 3.05) is 20.7 Å². The summed E-state index contributed by atoms with van der Waals surface area (Å²) in [5.41, 5.74) is -0.0868. The van der Waals surface area contributed by atoms with Gasteiger partial charge in [-0.05, 0) is 68.9 Å². The molecule has 6 rings (SSSR count). The van der Waals surface area contributed by atoms with Gasteiger partial charge in [0.25, 0.3) is 11.5 Å². The number of aromatic nitrogens is 2. The summed E-state index contributed by atoms with van der Waals surface area (Å²) < 4.78 is 1.78. The molecule has 1 unspecified atom stereocenters. The first-order valence-electron chi connectivity index (χ1n) is 15.2. The summed E-state index contributed by atoms with van der Waals surface area (Å²) >= 11 is 0. The van der Waals surface area contributed by atoms with E-state index in [2.05, 4.69) is 15.0 Å². The van der Waals surface area contributed by atoms with Crippen LogP contribution in [0.25, 0.3) is 11.0 Å². The van der Waals surface area contributed by atoms with Gasteiger partial charge in [-0.3, -0.25) is 14.5 Å². The average molecular weight is 564 g/mol. The van der Waals surface area contributed by atoms with E-state index in [9.17, 15) is 19.5 Å². The molecule has 2 saturated heterocycles. The van der Waals surface area contributed by atoms with Crippen molar-refractivity contribution in [3.8, 4) is 0 Å². The monoisotopic (exact) mass is 563 g/mol. The number of aliphatic carboxylic acids is 1. The number of carboxylic acids is 1. The van der Waals surface area contributed by atoms with E-state index in [1.54, 1.807) is 24.7 Å². The molecule has 10 nitrogen and oxygen atoms in total. The number of para-hydroxylation sites is 2. The quantitative estimate of drug-likeness (QED) is 0.402. The normalized spacial score (nSPS) is 30.1. The van der Waals surface area contributed by atoms with Crippen LogP contribution in [0.15, 0.2) is 34.2 Å². The van der Waals surface area contributed by atoms with Crippen LogP contribution in [0.2, 0.25) is 0 Å². The standard InChI is InChI=1S/C31H41N5O5/c1-34(2)27(37)18-41-33-29(31(39)40)28-30(38)36(26-12-4-3-11-25(26)32-28)24-16-21-9-6-10-22(17-24)35(21)23-14-19-7-5-8-20(13-19)15-23/h3-4,11-12,19-24H,5-10,13-18H2,1-2H3,(H,39,40)/b33-29-/t19-,20+,21-,22+,23?,24+. The van der Waals surface area contributed by atoms with Gasteiger partial charge in [0.2, 0.25) is 5.71 Å². The lowest BCUT2D eigenvalue weighted by molar-refractivity contribution is -0.134. The van der Waals surface area contributed by atoms with Crippen LogP contribution in [0.3, 0.4) is 0 Å². The molecule has 41 heavy (non-hydrogen) atoms. The SMILES string of the molecule is CN(C)C(=O)CO/N=C(\C(=O)O)c1nc2ccccc2n([C@H]2C[C@H]3CCC[C@@H](C2)N3C2C[C@H]3CCC[C@@H](C2)C3)c1=O. The number of hydrogen-bond donors (Lipinski definition) is 1. The summed E-state index contributed by atoms with van der Waals surface area (Å²) in [4.78, 5) is 51.9. The average Bonchev–Trinajstić information content (AvgIpc) is 2.94. The third kappa shape index (κ3) is 5.50. The van der Waals surface area contributed by atoms with Crippen molar-refractivity contribution in [1.82, 2.24) is 19.4 Å². The third-order valence-electron chi connectivity index (χ3n) is 9.96. The van der Waals surface area contributed by atoms with Gasteiger partial charge in [-0.15, -0.1) is 0 Å². The first-order valence-corrected chi connectivity index (χ1v) is 15.2. The Morgan fingerprint density at radius 1 is 0.951 bits per heavy atom. The van der Waals surface area contributed by atoms with Gasteiger partial charge in [-0.2, -0.15) is 0 Å². The van der Waals surface area contributed by atoms with Gasteiger partial charge < -0.3 is 19.4 Å². The topological polar surface area (TPSA) is 117 Å². The van der Waals surface area contributed by atoms with Crippen LogP contribution in [-0.2, 0) is 14.4 Å². The Labute approximate surface area is 240 Å². The molecule has 4 aliphatic rings. The molecule has 2 saturated carbocycles. The van der Waals surface area contributed by atoms with Crippen LogP contribution in [0, 0.1) is 11.8 Å². The van der Waals surface area contributed by atoms with Gasteiger partial charge in [-0.1, -0.05) is 43.0 Å². The molecule has 3 heterocycles. The van der Waals surface area contributed by atoms with E-state index in [1.165, 1.54) is 49.8 Å². The van der Waals surface area contributed by atoms with Gasteiger partial charge in [0.05, 0.1) is 11.0 Å². The number of benzene rings is 1. The maximum atomic E-state index is 14.1. The second-order valence-electron chi connectivity index (χ2n) is 12.8. The minimum atomic E-state index is -1.43. The fourth-order valence-electron chi connectivity index (χ4n) is 8.27. The van der Waals surface area contributed by atoms with E-state index in [1.807, 2.05) is 18.2 Å². The Morgan fingerprint density at radius 3 is 2.27 bits per heavy atom. The highest BCUT2D eigenvalue weighted by Gasteiger charge is 2.45. The van der Waals surface area contributed by atoms with E-state index < -0.39 is 23.8 Å². The van der Waals surface area contributed by atoms with Crippen molar-refractivity contribution < 1.29 is 19.5 Å². The number of likely N-dealkylation sites (N-methyl/N-ethyl adjacent to an activating group) is 1. The summed E-state index contributed by atoms with van der Waals surface area (Å²) in [6, 6.07) is 8.83. The summed E-state index contributed by atoms with van der Waals surface area (Å²) in [6.45, 7) is -0.434. The number of carboxylic acid groups (broad SMARTS) is 1. The highest BCUT2D eigenvalue weighted by molar-refractivity contribution is 6.41. The maximum absolute atomic E-state index is 14.1. The Bertz CT molecular complexity index is 1380. The molecule has 1 aromatic carbocycles. The third-order valence-corrected chi connectivity index (χ3v) is 9.96. The van der Waals surface area contributed by atoms with E-state index in [-0.39, 0.29) is 17.6 Å². The van der Waals surface area contributed by atoms with Crippen molar-refractivity contribution in [3.63, 3.8) is 0 Å². The van der Waals surface area contributed by atoms with Gasteiger partial charge in [0.1, 0.15) is 0 Å². The molecule has 2 aromatic rings. The summed E-state index contributed by atoms with van der Waals surface area (Å²) in [5.74, 6) is -0.0704. The molecule has 10 heteroatoms. The van der Waals surface area contributed by atoms with Crippen molar-refractivity contribution in [2.45, 2.75) is 94.8 Å². The molecule has 1 amide bonds. The van der Waals surface area contributed by atoms with Crippen LogP contribution in [0.1, 0.15) is 82.4 Å². The first kappa shape index (κ1) is 27.9. The fraction of sp³-hybridized carbons (Fsp3) is 0.645. The molecule has 1 N–H and O–H groups in total. The number of carbonyl (C=O) groups is 2. The number of fused-ring (bicyclic) bond motifs is 5. The predicted octanol–water partition coefficient (Wildman–Crippen LogP) is 3.82. The summed E-state index contributed by atoms with van der Waals surface area (Å²) in [7, 11) is 3.13. The van der Waals surface area contributed by atoms with Gasteiger partial charge >= 0.3 is 5.97 Å². The number of rotatable bonds is 7. The molecule has 4 fully saturated rings. The lowest BCUT2D eigenvalue weighted by atomic mass is 9.68. The molecule has 4 bridgehead atoms. The van der Waals surface area contributed by atoms with Crippen LogP contribution in [0.4, 0.5) is 0 Å². The largest absolute Gasteiger partial charge is 0.476 e. The van der Waals surface area contributed by atoms with Crippen LogP contribution in [-0.4, -0.2) is 80.9 Å². The summed E-state index contributed by atoms with van der Waals surface area (Å²) in [5, 5.41) is 13.7. The molecular formula is C31H41N5O5. The van der Waals surface area contributed by atoms with Crippen LogP contribution >= 0.6 is 0 Å². The molecule has 2 aliphatic carbocycles. The lowest BCUT2D eigenvalue weighted by Crippen LogP contribution is -2.58. The highest BCUT2D eigenvalue weighted by Crippen LogP contribution is 2.47. The number of hydrogen-bond acceptors (Lipinski definition) is 7. The van der Waals surface area contributed by atoms with Crippen molar-refractivity contribution >= 4 is 28.6 Å². The van der Waals surface area contributed by atoms with Crippen molar-refractivity contribution in [1.29, 1.82) is 0 Å². The van der Waals surface area contributed by atoms with Gasteiger partial charge in [0.15, 0.2) is 12.3 Å². The lowest BCUT2D eigenvalue weighted by Gasteiger charge is -2.55. The predicted molar refractivity (Wildman–Crippen MR) is 155 cm³/mol. The molecular weight excluding hydrogens is 522 g/mol. The van der Waals surface area contributed by atoms with E-state index in [4.69, 9.17) is 4.84 Å². The number of oxime groups is 1. The zero-order valence-electron chi connectivity index (χ0n) is 24.1. The summed E-state index contributed by atoms with van der Waals surface area (Å²) in [6.07, 6.45) is 13.4. The number of carbonyl (C=O) groups excluding carboxylic acids is 1. The van der Waals surface area contributed by atoms with E-state index >= 15 is 0 Å². The molecule has 1 aromatic heterocycles. The zero-order chi connectivity index (χ0) is 28.7. The highest BCUT2D eigenvalue weighted by atomic mass is 16.6. The van der Waals surface area contributed by atoms with Crippen LogP contribution < -0.4 is 5.56 Å². The Morgan fingerprint density at radius 2 is 1.61 bits per heavy atom. The van der Waals surface area contributed by atoms with Crippen molar-refractivity contribution in [2.24, 2.45) is 17.0 Å². The maximum Gasteiger partial charge on any atom is 0.360 e. The Hall–Kier alpha value is -3.27. The van der Waals surface area contributed by atoms with Gasteiger partial charge in [0, 0.05) is 38.3 Å². The molecule has 0 spiro atoms.